The van der Waals surface area contributed by atoms with Gasteiger partial charge in [0.05, 0.1) is 4.92 Å². The smallest absolute Gasteiger partial charge is 0.270 e. The summed E-state index contributed by atoms with van der Waals surface area (Å²) in [4.78, 5) is 10.1. The molecule has 0 aliphatic rings. The van der Waals surface area contributed by atoms with Crippen molar-refractivity contribution in [1.29, 1.82) is 0 Å². The van der Waals surface area contributed by atoms with Crippen LogP contribution >= 0.6 is 27.5 Å². The summed E-state index contributed by atoms with van der Waals surface area (Å²) in [6.07, 6.45) is 0. The van der Waals surface area contributed by atoms with E-state index in [1.807, 2.05) is 0 Å². The largest absolute Gasteiger partial charge is 0.380 e. The zero-order valence-electron chi connectivity index (χ0n) is 10.1. The maximum Gasteiger partial charge on any atom is 0.270 e. The number of nitro benzene ring substituents is 1. The van der Waals surface area contributed by atoms with E-state index in [0.717, 1.165) is 0 Å². The molecule has 0 aliphatic carbocycles. The first-order chi connectivity index (χ1) is 9.49. The average Bonchev–Trinajstić information content (AvgIpc) is 2.39. The molecule has 1 N–H and O–H groups in total. The maximum atomic E-state index is 13.6. The van der Waals surface area contributed by atoms with Crippen LogP contribution in [0.15, 0.2) is 40.9 Å². The Morgan fingerprint density at radius 2 is 2.10 bits per heavy atom. The molecule has 0 spiro atoms. The second kappa shape index (κ2) is 6.19. The predicted molar refractivity (Wildman–Crippen MR) is 79.5 cm³/mol. The summed E-state index contributed by atoms with van der Waals surface area (Å²) in [5.41, 5.74) is 0.945. The van der Waals surface area contributed by atoms with Gasteiger partial charge in [-0.3, -0.25) is 10.1 Å². The first-order valence-electron chi connectivity index (χ1n) is 5.59. The molecule has 2 rings (SSSR count). The van der Waals surface area contributed by atoms with Gasteiger partial charge in [0.25, 0.3) is 5.69 Å². The van der Waals surface area contributed by atoms with Crippen LogP contribution in [0.1, 0.15) is 5.56 Å². The quantitative estimate of drug-likeness (QED) is 0.632. The van der Waals surface area contributed by atoms with Gasteiger partial charge in [0.1, 0.15) is 5.82 Å². The fourth-order valence-electron chi connectivity index (χ4n) is 1.65. The minimum atomic E-state index is -0.484. The molecule has 20 heavy (non-hydrogen) atoms. The van der Waals surface area contributed by atoms with Crippen molar-refractivity contribution in [3.05, 3.63) is 67.4 Å². The first kappa shape index (κ1) is 14.7. The molecule has 0 unspecified atom stereocenters. The number of anilines is 1. The summed E-state index contributed by atoms with van der Waals surface area (Å²) >= 11 is 9.15. The fraction of sp³-hybridized carbons (Fsp3) is 0.0769. The van der Waals surface area contributed by atoms with Crippen LogP contribution in [0.25, 0.3) is 0 Å². The summed E-state index contributed by atoms with van der Waals surface area (Å²) in [7, 11) is 0. The Morgan fingerprint density at radius 1 is 1.35 bits per heavy atom. The van der Waals surface area contributed by atoms with Crippen molar-refractivity contribution in [1.82, 2.24) is 0 Å². The van der Waals surface area contributed by atoms with Gasteiger partial charge >= 0.3 is 0 Å². The van der Waals surface area contributed by atoms with Crippen molar-refractivity contribution in [3.63, 3.8) is 0 Å². The van der Waals surface area contributed by atoms with E-state index in [1.165, 1.54) is 24.3 Å². The molecule has 4 nitrogen and oxygen atoms in total. The maximum absolute atomic E-state index is 13.6. The van der Waals surface area contributed by atoms with Crippen molar-refractivity contribution in [3.8, 4) is 0 Å². The minimum absolute atomic E-state index is 0.0219. The van der Waals surface area contributed by atoms with Gasteiger partial charge in [0.15, 0.2) is 0 Å². The average molecular weight is 360 g/mol. The van der Waals surface area contributed by atoms with Crippen molar-refractivity contribution < 1.29 is 9.31 Å². The number of benzene rings is 2. The van der Waals surface area contributed by atoms with Gasteiger partial charge in [0.2, 0.25) is 0 Å². The van der Waals surface area contributed by atoms with E-state index < -0.39 is 10.7 Å². The van der Waals surface area contributed by atoms with Crippen LogP contribution in [0, 0.1) is 15.9 Å². The molecule has 104 valence electrons. The van der Waals surface area contributed by atoms with E-state index >= 15 is 0 Å². The van der Waals surface area contributed by atoms with Crippen LogP contribution < -0.4 is 5.32 Å². The van der Waals surface area contributed by atoms with E-state index in [4.69, 9.17) is 11.6 Å². The summed E-state index contributed by atoms with van der Waals surface area (Å²) in [5, 5.41) is 13.9. The lowest BCUT2D eigenvalue weighted by molar-refractivity contribution is -0.384. The van der Waals surface area contributed by atoms with Crippen LogP contribution in [-0.4, -0.2) is 4.92 Å². The Kier molecular flexibility index (Phi) is 4.57. The molecule has 0 saturated carbocycles. The van der Waals surface area contributed by atoms with Gasteiger partial charge in [-0.2, -0.15) is 0 Å². The monoisotopic (exact) mass is 358 g/mol. The Balaban J connectivity index is 2.17. The number of nitro groups is 1. The molecule has 0 radical (unpaired) electrons. The van der Waals surface area contributed by atoms with Crippen molar-refractivity contribution in [2.24, 2.45) is 0 Å². The lowest BCUT2D eigenvalue weighted by Gasteiger charge is -2.10. The van der Waals surface area contributed by atoms with Crippen molar-refractivity contribution in [2.75, 3.05) is 5.32 Å². The Morgan fingerprint density at radius 3 is 2.70 bits per heavy atom. The number of non-ortho nitro benzene ring substituents is 1. The van der Waals surface area contributed by atoms with E-state index in [-0.39, 0.29) is 12.2 Å². The third-order valence-corrected chi connectivity index (χ3v) is 3.69. The van der Waals surface area contributed by atoms with E-state index in [9.17, 15) is 14.5 Å². The predicted octanol–water partition coefficient (Wildman–Crippen LogP) is 4.76. The fourth-order valence-corrected chi connectivity index (χ4v) is 2.38. The number of nitrogens with one attached hydrogen (secondary N) is 1. The highest BCUT2D eigenvalue weighted by Gasteiger charge is 2.11. The van der Waals surface area contributed by atoms with Gasteiger partial charge in [-0.15, -0.1) is 0 Å². The molecule has 0 heterocycles. The van der Waals surface area contributed by atoms with Gasteiger partial charge in [-0.05, 0) is 34.1 Å². The van der Waals surface area contributed by atoms with Crippen LogP contribution in [0.3, 0.4) is 0 Å². The van der Waals surface area contributed by atoms with Crippen molar-refractivity contribution >= 4 is 38.9 Å². The zero-order valence-corrected chi connectivity index (χ0v) is 12.4. The van der Waals surface area contributed by atoms with Gasteiger partial charge in [-0.25, -0.2) is 4.39 Å². The molecular formula is C13H9BrClFN2O2. The molecule has 2 aromatic rings. The second-order valence-corrected chi connectivity index (χ2v) is 5.24. The SMILES string of the molecule is O=[N+]([O-])c1ccc(NCc2c(F)cccc2Cl)c(Br)c1. The normalized spacial score (nSPS) is 10.3. The topological polar surface area (TPSA) is 55.2 Å². The number of rotatable bonds is 4. The molecule has 7 heteroatoms. The number of hydrogen-bond acceptors (Lipinski definition) is 3. The molecule has 0 saturated heterocycles. The number of hydrogen-bond donors (Lipinski definition) is 1. The molecule has 0 aliphatic heterocycles. The molecule has 0 amide bonds. The summed E-state index contributed by atoms with van der Waals surface area (Å²) in [6, 6.07) is 8.77. The Labute approximate surface area is 127 Å². The molecular weight excluding hydrogens is 351 g/mol. The Bertz CT molecular complexity index is 647. The number of halogens is 3. The van der Waals surface area contributed by atoms with E-state index in [1.54, 1.807) is 12.1 Å². The highest BCUT2D eigenvalue weighted by Crippen LogP contribution is 2.28. The van der Waals surface area contributed by atoms with E-state index in [2.05, 4.69) is 21.2 Å². The summed E-state index contributed by atoms with van der Waals surface area (Å²) in [6.45, 7) is 0.182. The van der Waals surface area contributed by atoms with Crippen LogP contribution in [-0.2, 0) is 6.54 Å². The Hall–Kier alpha value is -1.66. The van der Waals surface area contributed by atoms with Gasteiger partial charge < -0.3 is 5.32 Å². The third kappa shape index (κ3) is 3.26. The van der Waals surface area contributed by atoms with Crippen LogP contribution in [0.2, 0.25) is 5.02 Å². The third-order valence-electron chi connectivity index (χ3n) is 2.68. The van der Waals surface area contributed by atoms with E-state index in [0.29, 0.717) is 20.7 Å². The summed E-state index contributed by atoms with van der Waals surface area (Å²) < 4.78 is 14.1. The summed E-state index contributed by atoms with van der Waals surface area (Å²) in [5.74, 6) is -0.400. The van der Waals surface area contributed by atoms with Crippen LogP contribution in [0.4, 0.5) is 15.8 Å². The lowest BCUT2D eigenvalue weighted by atomic mass is 10.2. The minimum Gasteiger partial charge on any atom is -0.380 e. The van der Waals surface area contributed by atoms with Gasteiger partial charge in [-0.1, -0.05) is 17.7 Å². The van der Waals surface area contributed by atoms with Gasteiger partial charge in [0, 0.05) is 39.4 Å². The number of nitrogens with zero attached hydrogens (tertiary/aromatic N) is 1. The first-order valence-corrected chi connectivity index (χ1v) is 6.77. The molecule has 0 bridgehead atoms. The highest BCUT2D eigenvalue weighted by molar-refractivity contribution is 9.10. The second-order valence-electron chi connectivity index (χ2n) is 3.98. The van der Waals surface area contributed by atoms with Crippen molar-refractivity contribution in [2.45, 2.75) is 6.54 Å². The molecule has 2 aromatic carbocycles. The van der Waals surface area contributed by atoms with Crippen LogP contribution in [0.5, 0.6) is 0 Å². The standard InChI is InChI=1S/C13H9BrClFN2O2/c14-10-6-8(18(19)20)4-5-13(10)17-7-9-11(15)2-1-3-12(9)16/h1-6,17H,7H2. The highest BCUT2D eigenvalue weighted by atomic mass is 79.9. The molecule has 0 aromatic heterocycles. The zero-order chi connectivity index (χ0) is 14.7. The molecule has 0 atom stereocenters. The molecule has 0 fully saturated rings. The lowest BCUT2D eigenvalue weighted by Crippen LogP contribution is -2.03.